The van der Waals surface area contributed by atoms with E-state index < -0.39 is 11.7 Å². The Balaban J connectivity index is 1.97. The molecule has 3 aromatic rings. The van der Waals surface area contributed by atoms with Crippen molar-refractivity contribution < 1.29 is 14.3 Å². The molecule has 21 heavy (non-hydrogen) atoms. The molecule has 1 heterocycles. The molecule has 0 spiro atoms. The number of amides is 1. The number of para-hydroxylation sites is 1. The average molecular weight is 282 g/mol. The summed E-state index contributed by atoms with van der Waals surface area (Å²) in [6.45, 7) is 0. The minimum absolute atomic E-state index is 0.0127. The van der Waals surface area contributed by atoms with Crippen molar-refractivity contribution in [1.82, 2.24) is 4.98 Å². The number of benzene rings is 2. The predicted molar refractivity (Wildman–Crippen MR) is 77.8 cm³/mol. The van der Waals surface area contributed by atoms with E-state index in [1.165, 1.54) is 18.3 Å². The van der Waals surface area contributed by atoms with Gasteiger partial charge in [-0.3, -0.25) is 9.78 Å². The number of nitrogens with one attached hydrogen (secondary N) is 1. The smallest absolute Gasteiger partial charge is 0.256 e. The van der Waals surface area contributed by atoms with E-state index in [1.54, 1.807) is 18.2 Å². The van der Waals surface area contributed by atoms with Gasteiger partial charge in [0.05, 0.1) is 16.8 Å². The van der Waals surface area contributed by atoms with E-state index in [2.05, 4.69) is 10.3 Å². The van der Waals surface area contributed by atoms with Crippen LogP contribution < -0.4 is 5.32 Å². The first-order valence-corrected chi connectivity index (χ1v) is 6.29. The molecule has 0 aliphatic carbocycles. The molecule has 0 aliphatic heterocycles. The molecule has 2 N–H and O–H groups in total. The van der Waals surface area contributed by atoms with E-state index in [9.17, 15) is 9.18 Å². The lowest BCUT2D eigenvalue weighted by Gasteiger charge is -2.08. The van der Waals surface area contributed by atoms with Crippen LogP contribution in [0.25, 0.3) is 10.9 Å². The Kier molecular flexibility index (Phi) is 3.23. The summed E-state index contributed by atoms with van der Waals surface area (Å²) >= 11 is 0. The summed E-state index contributed by atoms with van der Waals surface area (Å²) in [6, 6.07) is 12.4. The lowest BCUT2D eigenvalue weighted by Crippen LogP contribution is -2.13. The Morgan fingerprint density at radius 2 is 1.95 bits per heavy atom. The zero-order valence-corrected chi connectivity index (χ0v) is 10.9. The molecule has 2 aromatic carbocycles. The minimum atomic E-state index is -0.693. The van der Waals surface area contributed by atoms with Crippen LogP contribution in [-0.2, 0) is 0 Å². The highest BCUT2D eigenvalue weighted by Gasteiger charge is 2.12. The van der Waals surface area contributed by atoms with Gasteiger partial charge in [-0.25, -0.2) is 4.39 Å². The summed E-state index contributed by atoms with van der Waals surface area (Å²) in [5, 5.41) is 12.4. The summed E-state index contributed by atoms with van der Waals surface area (Å²) in [5.74, 6) is -1.32. The number of rotatable bonds is 2. The molecule has 0 saturated heterocycles. The third-order valence-corrected chi connectivity index (χ3v) is 3.09. The zero-order valence-electron chi connectivity index (χ0n) is 10.9. The molecule has 3 rings (SSSR count). The van der Waals surface area contributed by atoms with Crippen LogP contribution in [0.3, 0.4) is 0 Å². The Hall–Kier alpha value is -2.95. The number of fused-ring (bicyclic) bond motifs is 1. The normalized spacial score (nSPS) is 10.5. The first-order valence-electron chi connectivity index (χ1n) is 6.29. The highest BCUT2D eigenvalue weighted by Crippen LogP contribution is 2.22. The molecule has 0 aliphatic rings. The van der Waals surface area contributed by atoms with Crippen molar-refractivity contribution in [1.29, 1.82) is 0 Å². The summed E-state index contributed by atoms with van der Waals surface area (Å²) in [6.07, 6.45) is 1.53. The fourth-order valence-electron chi connectivity index (χ4n) is 2.09. The number of aromatic hydroxyl groups is 1. The summed E-state index contributed by atoms with van der Waals surface area (Å²) in [4.78, 5) is 16.5. The first-order chi connectivity index (χ1) is 10.1. The number of anilines is 1. The van der Waals surface area contributed by atoms with Crippen LogP contribution in [0, 0.1) is 5.82 Å². The molecule has 0 radical (unpaired) electrons. The number of pyridine rings is 1. The van der Waals surface area contributed by atoms with Gasteiger partial charge in [-0.15, -0.1) is 0 Å². The van der Waals surface area contributed by atoms with Gasteiger partial charge in [0.2, 0.25) is 0 Å². The second-order valence-electron chi connectivity index (χ2n) is 4.49. The largest absolute Gasteiger partial charge is 0.508 e. The number of aromatic nitrogens is 1. The third-order valence-electron chi connectivity index (χ3n) is 3.09. The number of hydrogen-bond acceptors (Lipinski definition) is 3. The molecular formula is C16H11FN2O2. The number of nitrogens with zero attached hydrogens (tertiary/aromatic N) is 1. The maximum Gasteiger partial charge on any atom is 0.256 e. The monoisotopic (exact) mass is 282 g/mol. The van der Waals surface area contributed by atoms with Crippen LogP contribution in [0.2, 0.25) is 0 Å². The molecule has 104 valence electrons. The molecule has 0 unspecified atom stereocenters. The van der Waals surface area contributed by atoms with Gasteiger partial charge in [-0.05, 0) is 24.3 Å². The Morgan fingerprint density at radius 1 is 1.14 bits per heavy atom. The van der Waals surface area contributed by atoms with E-state index in [-0.39, 0.29) is 11.4 Å². The summed E-state index contributed by atoms with van der Waals surface area (Å²) in [7, 11) is 0. The third kappa shape index (κ3) is 2.53. The molecule has 0 atom stereocenters. The van der Waals surface area contributed by atoms with Gasteiger partial charge >= 0.3 is 0 Å². The van der Waals surface area contributed by atoms with Crippen LogP contribution in [-0.4, -0.2) is 16.0 Å². The highest BCUT2D eigenvalue weighted by atomic mass is 19.1. The molecule has 4 nitrogen and oxygen atoms in total. The molecule has 1 aromatic heterocycles. The molecule has 0 saturated carbocycles. The zero-order chi connectivity index (χ0) is 14.8. The van der Waals surface area contributed by atoms with Gasteiger partial charge in [-0.1, -0.05) is 18.2 Å². The second-order valence-corrected chi connectivity index (χ2v) is 4.49. The fraction of sp³-hybridized carbons (Fsp3) is 0. The standard InChI is InChI=1S/C16H11FN2O2/c17-13-9-10(20)5-6-15(13)19-16(21)12-7-8-18-14-4-2-1-3-11(12)14/h1-9,20H,(H,19,21). The van der Waals surface area contributed by atoms with Crippen LogP contribution in [0.5, 0.6) is 5.75 Å². The number of carbonyl (C=O) groups is 1. The number of phenolic OH excluding ortho intramolecular Hbond substituents is 1. The van der Waals surface area contributed by atoms with Gasteiger partial charge < -0.3 is 10.4 Å². The molecular weight excluding hydrogens is 271 g/mol. The Morgan fingerprint density at radius 3 is 2.76 bits per heavy atom. The summed E-state index contributed by atoms with van der Waals surface area (Å²) < 4.78 is 13.7. The van der Waals surface area contributed by atoms with Crippen molar-refractivity contribution in [2.24, 2.45) is 0 Å². The van der Waals surface area contributed by atoms with Crippen molar-refractivity contribution >= 4 is 22.5 Å². The molecule has 0 bridgehead atoms. The van der Waals surface area contributed by atoms with E-state index in [0.717, 1.165) is 6.07 Å². The maximum atomic E-state index is 13.7. The topological polar surface area (TPSA) is 62.2 Å². The van der Waals surface area contributed by atoms with Crippen LogP contribution in [0.4, 0.5) is 10.1 Å². The van der Waals surface area contributed by atoms with Crippen LogP contribution in [0.1, 0.15) is 10.4 Å². The molecule has 5 heteroatoms. The SMILES string of the molecule is O=C(Nc1ccc(O)cc1F)c1ccnc2ccccc12. The minimum Gasteiger partial charge on any atom is -0.508 e. The van der Waals surface area contributed by atoms with E-state index in [0.29, 0.717) is 16.5 Å². The van der Waals surface area contributed by atoms with Crippen molar-refractivity contribution in [3.8, 4) is 5.75 Å². The maximum absolute atomic E-state index is 13.7. The molecule has 1 amide bonds. The highest BCUT2D eigenvalue weighted by molar-refractivity contribution is 6.12. The second kappa shape index (κ2) is 5.20. The number of halogens is 1. The summed E-state index contributed by atoms with van der Waals surface area (Å²) in [5.41, 5.74) is 1.11. The molecule has 0 fully saturated rings. The van der Waals surface area contributed by atoms with Gasteiger partial charge in [0, 0.05) is 17.6 Å². The number of phenols is 1. The average Bonchev–Trinajstić information content (AvgIpc) is 2.49. The Bertz CT molecular complexity index is 828. The van der Waals surface area contributed by atoms with Gasteiger partial charge in [0.25, 0.3) is 5.91 Å². The van der Waals surface area contributed by atoms with Crippen molar-refractivity contribution in [3.63, 3.8) is 0 Å². The van der Waals surface area contributed by atoms with Crippen LogP contribution >= 0.6 is 0 Å². The van der Waals surface area contributed by atoms with Crippen molar-refractivity contribution in [3.05, 3.63) is 66.1 Å². The van der Waals surface area contributed by atoms with E-state index in [4.69, 9.17) is 5.11 Å². The number of carbonyl (C=O) groups excluding carboxylic acids is 1. The van der Waals surface area contributed by atoms with Crippen molar-refractivity contribution in [2.75, 3.05) is 5.32 Å². The van der Waals surface area contributed by atoms with Crippen LogP contribution in [0.15, 0.2) is 54.7 Å². The Labute approximate surface area is 119 Å². The van der Waals surface area contributed by atoms with E-state index in [1.807, 2.05) is 12.1 Å². The van der Waals surface area contributed by atoms with Crippen molar-refractivity contribution in [2.45, 2.75) is 0 Å². The van der Waals surface area contributed by atoms with Gasteiger partial charge in [0.1, 0.15) is 11.6 Å². The fourth-order valence-corrected chi connectivity index (χ4v) is 2.09. The van der Waals surface area contributed by atoms with Gasteiger partial charge in [-0.2, -0.15) is 0 Å². The predicted octanol–water partition coefficient (Wildman–Crippen LogP) is 3.33. The lowest BCUT2D eigenvalue weighted by molar-refractivity contribution is 0.102. The van der Waals surface area contributed by atoms with E-state index >= 15 is 0 Å². The lowest BCUT2D eigenvalue weighted by atomic mass is 10.1. The first kappa shape index (κ1) is 13.1. The number of hydrogen-bond donors (Lipinski definition) is 2. The quantitative estimate of drug-likeness (QED) is 0.709. The van der Waals surface area contributed by atoms with Gasteiger partial charge in [0.15, 0.2) is 0 Å².